The minimum absolute atomic E-state index is 0.205. The van der Waals surface area contributed by atoms with Gasteiger partial charge in [0, 0.05) is 38.8 Å². The van der Waals surface area contributed by atoms with Gasteiger partial charge < -0.3 is 19.0 Å². The Hall–Kier alpha value is -2.02. The Kier molecular flexibility index (Phi) is 5.66. The van der Waals surface area contributed by atoms with E-state index in [1.165, 1.54) is 5.56 Å². The van der Waals surface area contributed by atoms with E-state index in [0.29, 0.717) is 19.3 Å². The van der Waals surface area contributed by atoms with Gasteiger partial charge in [-0.25, -0.2) is 0 Å². The molecule has 0 saturated carbocycles. The Labute approximate surface area is 160 Å². The van der Waals surface area contributed by atoms with Gasteiger partial charge in [0.15, 0.2) is 11.5 Å². The molecule has 1 atom stereocenters. The van der Waals surface area contributed by atoms with Gasteiger partial charge in [-0.2, -0.15) is 0 Å². The lowest BCUT2D eigenvalue weighted by Gasteiger charge is -2.41. The molecule has 1 unspecified atom stereocenters. The third-order valence-electron chi connectivity index (χ3n) is 5.32. The Balaban J connectivity index is 1.39. The molecule has 1 fully saturated rings. The minimum atomic E-state index is 0.205. The molecule has 2 aliphatic rings. The molecular weight excluding hydrogens is 344 g/mol. The van der Waals surface area contributed by atoms with Crippen LogP contribution in [0.2, 0.25) is 0 Å². The van der Waals surface area contributed by atoms with Crippen molar-refractivity contribution in [2.45, 2.75) is 32.5 Å². The molecule has 2 aliphatic heterocycles. The van der Waals surface area contributed by atoms with Gasteiger partial charge in [0.1, 0.15) is 24.7 Å². The maximum atomic E-state index is 9.52. The molecule has 6 heteroatoms. The first-order chi connectivity index (χ1) is 13.2. The number of nitrogens with zero attached hydrogens (tertiary/aromatic N) is 2. The highest BCUT2D eigenvalue weighted by Crippen LogP contribution is 2.31. The average Bonchev–Trinajstić information content (AvgIpc) is 3.09. The number of piperazine rings is 1. The molecule has 1 N–H and O–H groups in total. The average molecular weight is 372 g/mol. The van der Waals surface area contributed by atoms with E-state index in [-0.39, 0.29) is 6.61 Å². The fraction of sp³-hybridized carbons (Fsp3) is 0.524. The van der Waals surface area contributed by atoms with Crippen LogP contribution in [0.5, 0.6) is 11.5 Å². The van der Waals surface area contributed by atoms with Crippen LogP contribution in [0, 0.1) is 6.92 Å². The number of benzene rings is 1. The van der Waals surface area contributed by atoms with Crippen molar-refractivity contribution in [3.05, 3.63) is 47.4 Å². The number of fused-ring (bicyclic) bond motifs is 1. The van der Waals surface area contributed by atoms with Gasteiger partial charge in [-0.3, -0.25) is 9.80 Å². The fourth-order valence-electron chi connectivity index (χ4n) is 3.95. The van der Waals surface area contributed by atoms with Crippen molar-refractivity contribution < 1.29 is 19.0 Å². The molecule has 0 amide bonds. The minimum Gasteiger partial charge on any atom is -0.486 e. The number of ether oxygens (including phenoxy) is 2. The summed E-state index contributed by atoms with van der Waals surface area (Å²) in [5.74, 6) is 3.62. The van der Waals surface area contributed by atoms with E-state index in [0.717, 1.165) is 62.2 Å². The van der Waals surface area contributed by atoms with Gasteiger partial charge in [-0.15, -0.1) is 0 Å². The van der Waals surface area contributed by atoms with Crippen LogP contribution < -0.4 is 9.47 Å². The second-order valence-corrected chi connectivity index (χ2v) is 7.36. The van der Waals surface area contributed by atoms with E-state index < -0.39 is 0 Å². The lowest BCUT2D eigenvalue weighted by atomic mass is 10.1. The van der Waals surface area contributed by atoms with Gasteiger partial charge in [-0.1, -0.05) is 6.07 Å². The van der Waals surface area contributed by atoms with Gasteiger partial charge in [0.25, 0.3) is 0 Å². The van der Waals surface area contributed by atoms with Crippen LogP contribution >= 0.6 is 0 Å². The third-order valence-corrected chi connectivity index (χ3v) is 5.32. The fourth-order valence-corrected chi connectivity index (χ4v) is 3.95. The van der Waals surface area contributed by atoms with Crippen molar-refractivity contribution in [1.29, 1.82) is 0 Å². The van der Waals surface area contributed by atoms with E-state index >= 15 is 0 Å². The maximum Gasteiger partial charge on any atom is 0.161 e. The van der Waals surface area contributed by atoms with Crippen LogP contribution in [-0.2, 0) is 13.1 Å². The van der Waals surface area contributed by atoms with Gasteiger partial charge in [0.05, 0.1) is 6.54 Å². The van der Waals surface area contributed by atoms with E-state index in [1.54, 1.807) is 0 Å². The maximum absolute atomic E-state index is 9.52. The zero-order valence-corrected chi connectivity index (χ0v) is 15.9. The van der Waals surface area contributed by atoms with Crippen LogP contribution in [0.25, 0.3) is 0 Å². The van der Waals surface area contributed by atoms with Crippen molar-refractivity contribution in [3.8, 4) is 11.5 Å². The summed E-state index contributed by atoms with van der Waals surface area (Å²) in [6.07, 6.45) is 0.775. The molecule has 0 radical (unpaired) electrons. The second kappa shape index (κ2) is 8.33. The highest BCUT2D eigenvalue weighted by atomic mass is 16.6. The summed E-state index contributed by atoms with van der Waals surface area (Å²) in [5, 5.41) is 9.52. The van der Waals surface area contributed by atoms with Gasteiger partial charge >= 0.3 is 0 Å². The van der Waals surface area contributed by atoms with Crippen LogP contribution in [0.15, 0.2) is 34.7 Å². The first-order valence-electron chi connectivity index (χ1n) is 9.72. The van der Waals surface area contributed by atoms with Crippen LogP contribution in [0.4, 0.5) is 0 Å². The molecule has 146 valence electrons. The molecule has 1 aromatic heterocycles. The van der Waals surface area contributed by atoms with Crippen LogP contribution in [0.1, 0.15) is 23.5 Å². The normalized spacial score (nSPS) is 20.7. The number of aliphatic hydroxyl groups is 1. The predicted molar refractivity (Wildman–Crippen MR) is 102 cm³/mol. The SMILES string of the molecule is Cc1ccc(CN2CCN(Cc3ccc4c(c3)OCCO4)CC2CCO)o1. The highest BCUT2D eigenvalue weighted by Gasteiger charge is 2.27. The molecule has 1 saturated heterocycles. The first kappa shape index (κ1) is 18.3. The van der Waals surface area contributed by atoms with Crippen LogP contribution in [0.3, 0.4) is 0 Å². The smallest absolute Gasteiger partial charge is 0.161 e. The van der Waals surface area contributed by atoms with Gasteiger partial charge in [-0.05, 0) is 43.2 Å². The van der Waals surface area contributed by atoms with Gasteiger partial charge in [0.2, 0.25) is 0 Å². The largest absolute Gasteiger partial charge is 0.486 e. The summed E-state index contributed by atoms with van der Waals surface area (Å²) < 4.78 is 17.1. The molecule has 1 aromatic carbocycles. The topological polar surface area (TPSA) is 58.3 Å². The van der Waals surface area contributed by atoms with Crippen molar-refractivity contribution in [2.75, 3.05) is 39.5 Å². The second-order valence-electron chi connectivity index (χ2n) is 7.36. The number of hydrogen-bond acceptors (Lipinski definition) is 6. The summed E-state index contributed by atoms with van der Waals surface area (Å²) in [4.78, 5) is 4.88. The summed E-state index contributed by atoms with van der Waals surface area (Å²) in [6.45, 7) is 7.99. The summed E-state index contributed by atoms with van der Waals surface area (Å²) in [5.41, 5.74) is 1.23. The molecular formula is C21H28N2O4. The molecule has 0 aliphatic carbocycles. The zero-order valence-electron chi connectivity index (χ0n) is 15.9. The van der Waals surface area contributed by atoms with E-state index in [9.17, 15) is 5.11 Å². The number of hydrogen-bond donors (Lipinski definition) is 1. The third kappa shape index (κ3) is 4.46. The Morgan fingerprint density at radius 1 is 1.04 bits per heavy atom. The monoisotopic (exact) mass is 372 g/mol. The molecule has 4 rings (SSSR count). The molecule has 0 spiro atoms. The molecule has 2 aromatic rings. The molecule has 6 nitrogen and oxygen atoms in total. The van der Waals surface area contributed by atoms with Crippen LogP contribution in [-0.4, -0.2) is 60.4 Å². The van der Waals surface area contributed by atoms with Crippen molar-refractivity contribution in [3.63, 3.8) is 0 Å². The van der Waals surface area contributed by atoms with Crippen molar-refractivity contribution in [1.82, 2.24) is 9.80 Å². The Morgan fingerprint density at radius 3 is 2.67 bits per heavy atom. The number of aryl methyl sites for hydroxylation is 1. The lowest BCUT2D eigenvalue weighted by Crippen LogP contribution is -2.52. The Bertz CT molecular complexity index is 760. The van der Waals surface area contributed by atoms with Crippen molar-refractivity contribution >= 4 is 0 Å². The van der Waals surface area contributed by atoms with E-state index in [4.69, 9.17) is 13.9 Å². The predicted octanol–water partition coefficient (Wildman–Crippen LogP) is 2.43. The number of furan rings is 1. The van der Waals surface area contributed by atoms with E-state index in [2.05, 4.69) is 21.9 Å². The standard InChI is InChI=1S/C21H28N2O4/c1-16-2-4-19(27-16)15-23-8-7-22(14-18(23)6-9-24)13-17-3-5-20-21(12-17)26-11-10-25-20/h2-5,12,18,24H,6-11,13-15H2,1H3. The summed E-state index contributed by atoms with van der Waals surface area (Å²) >= 11 is 0. The lowest BCUT2D eigenvalue weighted by molar-refractivity contribution is 0.0453. The molecule has 3 heterocycles. The number of rotatable bonds is 6. The quantitative estimate of drug-likeness (QED) is 0.841. The first-order valence-corrected chi connectivity index (χ1v) is 9.72. The summed E-state index contributed by atoms with van der Waals surface area (Å²) in [7, 11) is 0. The van der Waals surface area contributed by atoms with Crippen molar-refractivity contribution in [2.24, 2.45) is 0 Å². The zero-order chi connectivity index (χ0) is 18.6. The Morgan fingerprint density at radius 2 is 1.89 bits per heavy atom. The van der Waals surface area contributed by atoms with E-state index in [1.807, 2.05) is 25.1 Å². The molecule has 0 bridgehead atoms. The number of aliphatic hydroxyl groups excluding tert-OH is 1. The highest BCUT2D eigenvalue weighted by molar-refractivity contribution is 5.43. The summed E-state index contributed by atoms with van der Waals surface area (Å²) in [6, 6.07) is 10.6. The molecule has 27 heavy (non-hydrogen) atoms.